The molecule has 0 aromatic carbocycles. The average molecular weight is 187 g/mol. The van der Waals surface area contributed by atoms with Crippen LogP contribution in [0.4, 0.5) is 0 Å². The Balaban J connectivity index is 2.04. The van der Waals surface area contributed by atoms with Crippen LogP contribution in [0.2, 0.25) is 0 Å². The van der Waals surface area contributed by atoms with E-state index in [9.17, 15) is 0 Å². The van der Waals surface area contributed by atoms with E-state index in [0.29, 0.717) is 10.8 Å². The minimum absolute atomic E-state index is 0.358. The average Bonchev–Trinajstić information content (AvgIpc) is 2.12. The Bertz CT molecular complexity index is 148. The normalized spacial score (nSPS) is 43.2. The fourth-order valence-corrected chi connectivity index (χ4v) is 3.46. The summed E-state index contributed by atoms with van der Waals surface area (Å²) in [6, 6.07) is 0. The van der Waals surface area contributed by atoms with E-state index < -0.39 is 0 Å². The van der Waals surface area contributed by atoms with E-state index in [0.717, 1.165) is 13.2 Å². The number of ether oxygens (including phenoxy) is 1. The predicted molar refractivity (Wildman–Crippen MR) is 52.4 cm³/mol. The molecule has 2 heterocycles. The molecule has 0 saturated carbocycles. The van der Waals surface area contributed by atoms with Crippen LogP contribution in [-0.4, -0.2) is 30.4 Å². The Hall–Kier alpha value is 0.270. The Morgan fingerprint density at radius 2 is 2.50 bits per heavy atom. The Labute approximate surface area is 78.4 Å². The van der Waals surface area contributed by atoms with E-state index in [1.165, 1.54) is 25.1 Å². The minimum Gasteiger partial charge on any atom is -0.381 e. The molecule has 3 heteroatoms. The third kappa shape index (κ3) is 1.50. The van der Waals surface area contributed by atoms with E-state index in [1.807, 2.05) is 0 Å². The molecule has 1 spiro atoms. The standard InChI is InChI=1S/C9H17NOS/c1-8-7-11-5-3-9(8)10-4-2-6-12-9/h8,10H,2-7H2,1H3. The van der Waals surface area contributed by atoms with Crippen molar-refractivity contribution in [3.63, 3.8) is 0 Å². The Morgan fingerprint density at radius 1 is 1.58 bits per heavy atom. The van der Waals surface area contributed by atoms with Gasteiger partial charge in [-0.25, -0.2) is 0 Å². The van der Waals surface area contributed by atoms with Crippen LogP contribution in [-0.2, 0) is 4.74 Å². The van der Waals surface area contributed by atoms with Crippen molar-refractivity contribution >= 4 is 11.8 Å². The monoisotopic (exact) mass is 187 g/mol. The van der Waals surface area contributed by atoms with Gasteiger partial charge in [0.05, 0.1) is 11.5 Å². The largest absolute Gasteiger partial charge is 0.381 e. The van der Waals surface area contributed by atoms with Gasteiger partial charge in [-0.15, -0.1) is 11.8 Å². The summed E-state index contributed by atoms with van der Waals surface area (Å²) in [6.45, 7) is 5.35. The lowest BCUT2D eigenvalue weighted by Gasteiger charge is -2.45. The van der Waals surface area contributed by atoms with E-state index in [4.69, 9.17) is 4.74 Å². The van der Waals surface area contributed by atoms with Crippen LogP contribution in [0.3, 0.4) is 0 Å². The summed E-state index contributed by atoms with van der Waals surface area (Å²) in [6.07, 6.45) is 2.50. The van der Waals surface area contributed by atoms with E-state index >= 15 is 0 Å². The SMILES string of the molecule is CC1COCCC12NCCCS2. The first-order chi connectivity index (χ1) is 5.83. The quantitative estimate of drug-likeness (QED) is 0.620. The number of hydrogen-bond donors (Lipinski definition) is 1. The molecule has 2 aliphatic rings. The molecule has 0 aromatic heterocycles. The molecule has 2 nitrogen and oxygen atoms in total. The van der Waals surface area contributed by atoms with Crippen molar-refractivity contribution in [2.45, 2.75) is 24.6 Å². The second-order valence-electron chi connectivity index (χ2n) is 3.74. The van der Waals surface area contributed by atoms with Crippen molar-refractivity contribution in [1.29, 1.82) is 0 Å². The Kier molecular flexibility index (Phi) is 2.63. The maximum atomic E-state index is 5.46. The van der Waals surface area contributed by atoms with Crippen LogP contribution in [0.15, 0.2) is 0 Å². The molecule has 1 N–H and O–H groups in total. The maximum absolute atomic E-state index is 5.46. The van der Waals surface area contributed by atoms with Crippen molar-refractivity contribution in [2.24, 2.45) is 5.92 Å². The van der Waals surface area contributed by atoms with Gasteiger partial charge in [0.1, 0.15) is 0 Å². The first kappa shape index (κ1) is 8.85. The number of rotatable bonds is 0. The zero-order valence-corrected chi connectivity index (χ0v) is 8.45. The smallest absolute Gasteiger partial charge is 0.0715 e. The fourth-order valence-electron chi connectivity index (χ4n) is 2.02. The van der Waals surface area contributed by atoms with Crippen LogP contribution >= 0.6 is 11.8 Å². The van der Waals surface area contributed by atoms with Gasteiger partial charge in [-0.3, -0.25) is 0 Å². The Morgan fingerprint density at radius 3 is 3.17 bits per heavy atom. The summed E-state index contributed by atoms with van der Waals surface area (Å²) in [5.41, 5.74) is 0. The first-order valence-corrected chi connectivity index (χ1v) is 5.79. The van der Waals surface area contributed by atoms with Gasteiger partial charge in [0, 0.05) is 12.5 Å². The van der Waals surface area contributed by atoms with Crippen LogP contribution in [0.5, 0.6) is 0 Å². The van der Waals surface area contributed by atoms with Crippen molar-refractivity contribution in [2.75, 3.05) is 25.5 Å². The number of hydrogen-bond acceptors (Lipinski definition) is 3. The molecule has 70 valence electrons. The van der Waals surface area contributed by atoms with Crippen LogP contribution in [0.25, 0.3) is 0 Å². The lowest BCUT2D eigenvalue weighted by atomic mass is 9.96. The second-order valence-corrected chi connectivity index (χ2v) is 5.17. The number of nitrogens with one attached hydrogen (secondary N) is 1. The van der Waals surface area contributed by atoms with Gasteiger partial charge >= 0.3 is 0 Å². The molecule has 2 unspecified atom stereocenters. The predicted octanol–water partition coefficient (Wildman–Crippen LogP) is 1.47. The molecule has 2 rings (SSSR count). The molecule has 0 radical (unpaired) electrons. The second kappa shape index (κ2) is 3.56. The lowest BCUT2D eigenvalue weighted by molar-refractivity contribution is 0.0269. The molecule has 0 bridgehead atoms. The maximum Gasteiger partial charge on any atom is 0.0715 e. The molecular formula is C9H17NOS. The molecule has 0 aromatic rings. The lowest BCUT2D eigenvalue weighted by Crippen LogP contribution is -2.55. The van der Waals surface area contributed by atoms with Gasteiger partial charge in [0.2, 0.25) is 0 Å². The highest BCUT2D eigenvalue weighted by molar-refractivity contribution is 8.00. The van der Waals surface area contributed by atoms with Crippen molar-refractivity contribution in [3.8, 4) is 0 Å². The highest BCUT2D eigenvalue weighted by Gasteiger charge is 2.40. The van der Waals surface area contributed by atoms with Crippen molar-refractivity contribution in [1.82, 2.24) is 5.32 Å². The summed E-state index contributed by atoms with van der Waals surface area (Å²) in [5.74, 6) is 1.98. The molecular weight excluding hydrogens is 170 g/mol. The van der Waals surface area contributed by atoms with Gasteiger partial charge in [-0.2, -0.15) is 0 Å². The van der Waals surface area contributed by atoms with Crippen LogP contribution in [0, 0.1) is 5.92 Å². The van der Waals surface area contributed by atoms with Crippen molar-refractivity contribution in [3.05, 3.63) is 0 Å². The van der Waals surface area contributed by atoms with Crippen molar-refractivity contribution < 1.29 is 4.74 Å². The van der Waals surface area contributed by atoms with Crippen LogP contribution in [0.1, 0.15) is 19.8 Å². The molecule has 2 aliphatic heterocycles. The summed E-state index contributed by atoms with van der Waals surface area (Å²) >= 11 is 2.10. The highest BCUT2D eigenvalue weighted by atomic mass is 32.2. The van der Waals surface area contributed by atoms with E-state index in [1.54, 1.807) is 0 Å². The molecule has 0 aliphatic carbocycles. The number of thioether (sulfide) groups is 1. The molecule has 2 atom stereocenters. The third-order valence-corrected chi connectivity index (χ3v) is 4.65. The molecule has 2 fully saturated rings. The van der Waals surface area contributed by atoms with Gasteiger partial charge in [0.25, 0.3) is 0 Å². The topological polar surface area (TPSA) is 21.3 Å². The fraction of sp³-hybridized carbons (Fsp3) is 1.00. The molecule has 12 heavy (non-hydrogen) atoms. The molecule has 2 saturated heterocycles. The minimum atomic E-state index is 0.358. The van der Waals surface area contributed by atoms with Gasteiger partial charge in [0.15, 0.2) is 0 Å². The van der Waals surface area contributed by atoms with Gasteiger partial charge in [-0.1, -0.05) is 6.92 Å². The van der Waals surface area contributed by atoms with E-state index in [-0.39, 0.29) is 0 Å². The summed E-state index contributed by atoms with van der Waals surface area (Å²) in [5, 5.41) is 3.67. The molecule has 0 amide bonds. The summed E-state index contributed by atoms with van der Waals surface area (Å²) in [7, 11) is 0. The highest BCUT2D eigenvalue weighted by Crippen LogP contribution is 2.39. The first-order valence-electron chi connectivity index (χ1n) is 4.80. The summed E-state index contributed by atoms with van der Waals surface area (Å²) in [4.78, 5) is 0.358. The van der Waals surface area contributed by atoms with Gasteiger partial charge < -0.3 is 10.1 Å². The van der Waals surface area contributed by atoms with E-state index in [2.05, 4.69) is 24.0 Å². The zero-order valence-electron chi connectivity index (χ0n) is 7.64. The third-order valence-electron chi connectivity index (χ3n) is 2.89. The summed E-state index contributed by atoms with van der Waals surface area (Å²) < 4.78 is 5.46. The van der Waals surface area contributed by atoms with Gasteiger partial charge in [-0.05, 0) is 25.1 Å². The zero-order chi connectivity index (χ0) is 8.44. The van der Waals surface area contributed by atoms with Crippen LogP contribution < -0.4 is 5.32 Å².